The first-order chi connectivity index (χ1) is 16.1. The first-order valence-electron chi connectivity index (χ1n) is 11.9. The van der Waals surface area contributed by atoms with Gasteiger partial charge >= 0.3 is 0 Å². The lowest BCUT2D eigenvalue weighted by Crippen LogP contribution is -2.38. The number of rotatable bonds is 8. The standard InChI is InChI=1S/C28H36N2O4/c1-7-29(8-2)17-18-30-24(19-9-13-21(14-10-19)28(3,4)5)23(26(32)27(30)33)25(31)20-11-15-22(34-6)16-12-20/h9-16,24,31H,7-8,17-18H2,1-6H3/t24-/m0/s1. The summed E-state index contributed by atoms with van der Waals surface area (Å²) >= 11 is 0. The number of likely N-dealkylation sites (tertiary alicyclic amines) is 1. The van der Waals surface area contributed by atoms with Gasteiger partial charge in [-0.3, -0.25) is 9.59 Å². The lowest BCUT2D eigenvalue weighted by molar-refractivity contribution is -0.140. The lowest BCUT2D eigenvalue weighted by Gasteiger charge is -2.28. The van der Waals surface area contributed by atoms with E-state index >= 15 is 0 Å². The second-order valence-corrected chi connectivity index (χ2v) is 9.62. The Morgan fingerprint density at radius 2 is 1.59 bits per heavy atom. The van der Waals surface area contributed by atoms with E-state index in [0.29, 0.717) is 24.4 Å². The van der Waals surface area contributed by atoms with E-state index in [4.69, 9.17) is 4.74 Å². The van der Waals surface area contributed by atoms with Crippen LogP contribution in [-0.4, -0.2) is 59.9 Å². The average molecular weight is 465 g/mol. The normalized spacial score (nSPS) is 18.1. The third kappa shape index (κ3) is 5.17. The van der Waals surface area contributed by atoms with Crippen LogP contribution in [0.3, 0.4) is 0 Å². The molecule has 2 aromatic rings. The van der Waals surface area contributed by atoms with E-state index in [2.05, 4.69) is 39.5 Å². The smallest absolute Gasteiger partial charge is 0.295 e. The molecule has 1 atom stereocenters. The Balaban J connectivity index is 2.09. The summed E-state index contributed by atoms with van der Waals surface area (Å²) in [4.78, 5) is 30.2. The number of Topliss-reactive ketones (excluding diaryl/α,β-unsaturated/α-hetero) is 1. The number of likely N-dealkylation sites (N-methyl/N-ethyl adjacent to an activating group) is 1. The number of methoxy groups -OCH3 is 1. The number of carbonyl (C=O) groups excluding carboxylic acids is 2. The van der Waals surface area contributed by atoms with Crippen molar-refractivity contribution in [2.45, 2.75) is 46.1 Å². The summed E-state index contributed by atoms with van der Waals surface area (Å²) < 4.78 is 5.20. The van der Waals surface area contributed by atoms with Gasteiger partial charge in [-0.2, -0.15) is 0 Å². The molecule has 0 saturated carbocycles. The SMILES string of the molecule is CCN(CC)CCN1C(=O)C(=O)C(=C(O)c2ccc(OC)cc2)[C@@H]1c1ccc(C(C)(C)C)cc1. The molecular formula is C28H36N2O4. The van der Waals surface area contributed by atoms with E-state index in [1.165, 1.54) is 0 Å². The molecule has 0 radical (unpaired) electrons. The number of benzene rings is 2. The highest BCUT2D eigenvalue weighted by molar-refractivity contribution is 6.46. The minimum atomic E-state index is -0.655. The molecule has 1 N–H and O–H groups in total. The number of carbonyl (C=O) groups is 2. The molecular weight excluding hydrogens is 428 g/mol. The van der Waals surface area contributed by atoms with Crippen LogP contribution < -0.4 is 4.74 Å². The predicted molar refractivity (Wildman–Crippen MR) is 135 cm³/mol. The van der Waals surface area contributed by atoms with E-state index in [9.17, 15) is 14.7 Å². The number of ether oxygens (including phenoxy) is 1. The van der Waals surface area contributed by atoms with Crippen LogP contribution in [0.5, 0.6) is 5.75 Å². The van der Waals surface area contributed by atoms with E-state index < -0.39 is 17.7 Å². The maximum Gasteiger partial charge on any atom is 0.295 e. The summed E-state index contributed by atoms with van der Waals surface area (Å²) in [5.74, 6) is -0.758. The van der Waals surface area contributed by atoms with Gasteiger partial charge in [-0.05, 0) is 53.9 Å². The van der Waals surface area contributed by atoms with Crippen LogP contribution in [0.15, 0.2) is 54.1 Å². The van der Waals surface area contributed by atoms with Crippen LogP contribution in [0.4, 0.5) is 0 Å². The minimum absolute atomic E-state index is 0.0216. The number of hydrogen-bond acceptors (Lipinski definition) is 5. The first kappa shape index (κ1) is 25.5. The molecule has 1 fully saturated rings. The molecule has 3 rings (SSSR count). The van der Waals surface area contributed by atoms with Gasteiger partial charge in [-0.1, -0.05) is 58.9 Å². The summed E-state index contributed by atoms with van der Waals surface area (Å²) in [6.07, 6.45) is 0. The fourth-order valence-corrected chi connectivity index (χ4v) is 4.32. The van der Waals surface area contributed by atoms with Crippen LogP contribution in [0, 0.1) is 0 Å². The zero-order chi connectivity index (χ0) is 25.0. The molecule has 6 nitrogen and oxygen atoms in total. The van der Waals surface area contributed by atoms with Crippen LogP contribution in [-0.2, 0) is 15.0 Å². The molecule has 1 amide bonds. The van der Waals surface area contributed by atoms with E-state index in [1.54, 1.807) is 36.3 Å². The van der Waals surface area contributed by atoms with Crippen LogP contribution in [0.2, 0.25) is 0 Å². The number of aliphatic hydroxyl groups excluding tert-OH is 1. The molecule has 0 bridgehead atoms. The Kier molecular flexibility index (Phi) is 7.82. The summed E-state index contributed by atoms with van der Waals surface area (Å²) in [5, 5.41) is 11.2. The second kappa shape index (κ2) is 10.4. The summed E-state index contributed by atoms with van der Waals surface area (Å²) in [5.41, 5.74) is 2.54. The van der Waals surface area contributed by atoms with Crippen molar-refractivity contribution < 1.29 is 19.4 Å². The van der Waals surface area contributed by atoms with Gasteiger partial charge < -0.3 is 19.6 Å². The molecule has 0 aliphatic carbocycles. The zero-order valence-electron chi connectivity index (χ0n) is 21.1. The molecule has 6 heteroatoms. The number of amides is 1. The Morgan fingerprint density at radius 3 is 2.09 bits per heavy atom. The number of nitrogens with zero attached hydrogens (tertiary/aromatic N) is 2. The highest BCUT2D eigenvalue weighted by Gasteiger charge is 2.46. The molecule has 182 valence electrons. The second-order valence-electron chi connectivity index (χ2n) is 9.62. The molecule has 34 heavy (non-hydrogen) atoms. The van der Waals surface area contributed by atoms with Crippen molar-refractivity contribution in [2.75, 3.05) is 33.3 Å². The maximum absolute atomic E-state index is 13.2. The first-order valence-corrected chi connectivity index (χ1v) is 11.9. The Hall–Kier alpha value is -3.12. The van der Waals surface area contributed by atoms with Gasteiger partial charge in [0.05, 0.1) is 18.7 Å². The quantitative estimate of drug-likeness (QED) is 0.347. The molecule has 1 aliphatic rings. The van der Waals surface area contributed by atoms with Gasteiger partial charge in [0.2, 0.25) is 0 Å². The van der Waals surface area contributed by atoms with Gasteiger partial charge in [-0.15, -0.1) is 0 Å². The number of hydrogen-bond donors (Lipinski definition) is 1. The monoisotopic (exact) mass is 464 g/mol. The summed E-state index contributed by atoms with van der Waals surface area (Å²) in [7, 11) is 1.57. The summed E-state index contributed by atoms with van der Waals surface area (Å²) in [6.45, 7) is 13.3. The Morgan fingerprint density at radius 1 is 1.00 bits per heavy atom. The largest absolute Gasteiger partial charge is 0.507 e. The third-order valence-electron chi connectivity index (χ3n) is 6.55. The summed E-state index contributed by atoms with van der Waals surface area (Å²) in [6, 6.07) is 14.2. The van der Waals surface area contributed by atoms with Gasteiger partial charge in [0.15, 0.2) is 0 Å². The molecule has 0 aromatic heterocycles. The molecule has 1 aliphatic heterocycles. The molecule has 0 spiro atoms. The van der Waals surface area contributed by atoms with E-state index in [-0.39, 0.29) is 16.7 Å². The van der Waals surface area contributed by atoms with Crippen molar-refractivity contribution in [3.05, 3.63) is 70.8 Å². The third-order valence-corrected chi connectivity index (χ3v) is 6.55. The van der Waals surface area contributed by atoms with Crippen LogP contribution in [0.25, 0.3) is 5.76 Å². The van der Waals surface area contributed by atoms with Gasteiger partial charge in [0.1, 0.15) is 11.5 Å². The fourth-order valence-electron chi connectivity index (χ4n) is 4.32. The molecule has 2 aromatic carbocycles. The van der Waals surface area contributed by atoms with Crippen molar-refractivity contribution in [3.63, 3.8) is 0 Å². The topological polar surface area (TPSA) is 70.1 Å². The number of aliphatic hydroxyl groups is 1. The van der Waals surface area contributed by atoms with Crippen molar-refractivity contribution in [1.29, 1.82) is 0 Å². The van der Waals surface area contributed by atoms with Crippen molar-refractivity contribution in [3.8, 4) is 5.75 Å². The van der Waals surface area contributed by atoms with E-state index in [1.807, 2.05) is 24.3 Å². The fraction of sp³-hybridized carbons (Fsp3) is 0.429. The van der Waals surface area contributed by atoms with Crippen LogP contribution in [0.1, 0.15) is 57.4 Å². The average Bonchev–Trinajstić information content (AvgIpc) is 3.08. The van der Waals surface area contributed by atoms with Crippen molar-refractivity contribution in [1.82, 2.24) is 9.80 Å². The minimum Gasteiger partial charge on any atom is -0.507 e. The molecule has 1 heterocycles. The van der Waals surface area contributed by atoms with Crippen LogP contribution >= 0.6 is 0 Å². The lowest BCUT2D eigenvalue weighted by atomic mass is 9.85. The highest BCUT2D eigenvalue weighted by Crippen LogP contribution is 2.40. The Bertz CT molecular complexity index is 1050. The van der Waals surface area contributed by atoms with Crippen molar-refractivity contribution in [2.24, 2.45) is 0 Å². The Labute approximate surface area is 202 Å². The van der Waals surface area contributed by atoms with Crippen molar-refractivity contribution >= 4 is 17.4 Å². The number of ketones is 1. The molecule has 1 saturated heterocycles. The van der Waals surface area contributed by atoms with Gasteiger partial charge in [0.25, 0.3) is 11.7 Å². The maximum atomic E-state index is 13.2. The van der Waals surface area contributed by atoms with Gasteiger partial charge in [-0.25, -0.2) is 0 Å². The highest BCUT2D eigenvalue weighted by atomic mass is 16.5. The van der Waals surface area contributed by atoms with Gasteiger partial charge in [0, 0.05) is 18.7 Å². The predicted octanol–water partition coefficient (Wildman–Crippen LogP) is 4.76. The van der Waals surface area contributed by atoms with E-state index in [0.717, 1.165) is 24.2 Å². The zero-order valence-corrected chi connectivity index (χ0v) is 21.1. The molecule has 0 unspecified atom stereocenters.